The first kappa shape index (κ1) is 18.2. The molecule has 0 amide bonds. The molecular formula is C20H17BrO5. The number of benzene rings is 2. The predicted molar refractivity (Wildman–Crippen MR) is 100 cm³/mol. The number of ketones is 1. The molecule has 0 atom stereocenters. The third kappa shape index (κ3) is 4.32. The zero-order valence-electron chi connectivity index (χ0n) is 14.3. The van der Waals surface area contributed by atoms with Crippen molar-refractivity contribution in [1.82, 2.24) is 0 Å². The summed E-state index contributed by atoms with van der Waals surface area (Å²) >= 11 is 3.37. The lowest BCUT2D eigenvalue weighted by Crippen LogP contribution is -2.18. The molecule has 5 nitrogen and oxygen atoms in total. The van der Waals surface area contributed by atoms with E-state index in [0.29, 0.717) is 17.1 Å². The summed E-state index contributed by atoms with van der Waals surface area (Å²) in [6.45, 7) is 3.34. The molecule has 3 rings (SSSR count). The normalized spacial score (nSPS) is 14.3. The lowest BCUT2D eigenvalue weighted by molar-refractivity contribution is -0.149. The van der Waals surface area contributed by atoms with Gasteiger partial charge in [-0.25, -0.2) is 4.79 Å². The highest BCUT2D eigenvalue weighted by Gasteiger charge is 2.27. The highest BCUT2D eigenvalue weighted by Crippen LogP contribution is 2.35. The molecule has 2 aromatic carbocycles. The number of hydrogen-bond acceptors (Lipinski definition) is 5. The molecule has 0 aromatic heterocycles. The molecule has 6 heteroatoms. The van der Waals surface area contributed by atoms with Crippen LogP contribution in [0.4, 0.5) is 0 Å². The van der Waals surface area contributed by atoms with Crippen LogP contribution in [0.1, 0.15) is 29.8 Å². The number of fused-ring (bicyclic) bond motifs is 1. The van der Waals surface area contributed by atoms with Crippen LogP contribution in [0.15, 0.2) is 52.7 Å². The van der Waals surface area contributed by atoms with E-state index in [0.717, 1.165) is 10.0 Å². The molecule has 0 radical (unpaired) electrons. The molecule has 0 saturated heterocycles. The van der Waals surface area contributed by atoms with Crippen LogP contribution in [0.3, 0.4) is 0 Å². The van der Waals surface area contributed by atoms with Crippen LogP contribution < -0.4 is 9.47 Å². The van der Waals surface area contributed by atoms with Crippen LogP contribution in [0, 0.1) is 0 Å². The molecule has 134 valence electrons. The van der Waals surface area contributed by atoms with Gasteiger partial charge in [0.15, 0.2) is 12.4 Å². The standard InChI is InChI=1S/C20H17BrO5/c1-12(2)25-19(22)11-24-15-7-8-16-17(10-15)26-18(20(16)23)9-13-3-5-14(21)6-4-13/h3-10,12H,11H2,1-2H3/b18-9-. The number of Topliss-reactive ketones (excluding diaryl/α,β-unsaturated/α-hetero) is 1. The minimum Gasteiger partial charge on any atom is -0.482 e. The topological polar surface area (TPSA) is 61.8 Å². The Morgan fingerprint density at radius 1 is 1.19 bits per heavy atom. The fraction of sp³-hybridized carbons (Fsp3) is 0.200. The summed E-state index contributed by atoms with van der Waals surface area (Å²) in [5.74, 6) is 0.455. The van der Waals surface area contributed by atoms with Crippen molar-refractivity contribution in [3.63, 3.8) is 0 Å². The Hall–Kier alpha value is -2.60. The average Bonchev–Trinajstić information content (AvgIpc) is 2.90. The summed E-state index contributed by atoms with van der Waals surface area (Å²) in [5, 5.41) is 0. The molecule has 1 aliphatic heterocycles. The predicted octanol–water partition coefficient (Wildman–Crippen LogP) is 4.40. The van der Waals surface area contributed by atoms with Gasteiger partial charge in [-0.2, -0.15) is 0 Å². The summed E-state index contributed by atoms with van der Waals surface area (Å²) in [7, 11) is 0. The number of esters is 1. The smallest absolute Gasteiger partial charge is 0.344 e. The molecule has 0 aliphatic carbocycles. The third-order valence-corrected chi connectivity index (χ3v) is 4.06. The van der Waals surface area contributed by atoms with Crippen LogP contribution in [-0.2, 0) is 9.53 Å². The molecular weight excluding hydrogens is 400 g/mol. The summed E-state index contributed by atoms with van der Waals surface area (Å²) in [6.07, 6.45) is 1.49. The summed E-state index contributed by atoms with van der Waals surface area (Å²) in [6, 6.07) is 12.4. The van der Waals surface area contributed by atoms with Crippen molar-refractivity contribution < 1.29 is 23.8 Å². The van der Waals surface area contributed by atoms with Crippen LogP contribution in [0.5, 0.6) is 11.5 Å². The number of carbonyl (C=O) groups excluding carboxylic acids is 2. The van der Waals surface area contributed by atoms with E-state index < -0.39 is 5.97 Å². The lowest BCUT2D eigenvalue weighted by atomic mass is 10.1. The second kappa shape index (κ2) is 7.74. The van der Waals surface area contributed by atoms with E-state index in [-0.39, 0.29) is 24.3 Å². The van der Waals surface area contributed by atoms with Gasteiger partial charge in [0.2, 0.25) is 5.78 Å². The van der Waals surface area contributed by atoms with Gasteiger partial charge in [-0.3, -0.25) is 4.79 Å². The summed E-state index contributed by atoms with van der Waals surface area (Å²) in [5.41, 5.74) is 1.32. The fourth-order valence-corrected chi connectivity index (χ4v) is 2.67. The first-order chi connectivity index (χ1) is 12.4. The Balaban J connectivity index is 1.72. The van der Waals surface area contributed by atoms with Crippen molar-refractivity contribution in [2.24, 2.45) is 0 Å². The highest BCUT2D eigenvalue weighted by molar-refractivity contribution is 9.10. The van der Waals surface area contributed by atoms with E-state index in [2.05, 4.69) is 15.9 Å². The zero-order chi connectivity index (χ0) is 18.7. The number of halogens is 1. The molecule has 0 bridgehead atoms. The van der Waals surface area contributed by atoms with Crippen LogP contribution >= 0.6 is 15.9 Å². The van der Waals surface area contributed by atoms with Crippen molar-refractivity contribution in [1.29, 1.82) is 0 Å². The zero-order valence-corrected chi connectivity index (χ0v) is 15.9. The molecule has 0 unspecified atom stereocenters. The number of carbonyl (C=O) groups is 2. The largest absolute Gasteiger partial charge is 0.482 e. The van der Waals surface area contributed by atoms with Crippen molar-refractivity contribution in [2.45, 2.75) is 20.0 Å². The maximum atomic E-state index is 12.4. The Morgan fingerprint density at radius 3 is 2.62 bits per heavy atom. The molecule has 0 fully saturated rings. The second-order valence-corrected chi connectivity index (χ2v) is 6.89. The van der Waals surface area contributed by atoms with Crippen molar-refractivity contribution >= 4 is 33.8 Å². The average molecular weight is 417 g/mol. The number of hydrogen-bond donors (Lipinski definition) is 0. The third-order valence-electron chi connectivity index (χ3n) is 3.53. The molecule has 26 heavy (non-hydrogen) atoms. The Kier molecular flexibility index (Phi) is 5.42. The highest BCUT2D eigenvalue weighted by atomic mass is 79.9. The van der Waals surface area contributed by atoms with E-state index >= 15 is 0 Å². The SMILES string of the molecule is CC(C)OC(=O)COc1ccc2c(c1)O/C(=C\c1ccc(Br)cc1)C2=O. The minimum absolute atomic E-state index is 0.186. The summed E-state index contributed by atoms with van der Waals surface area (Å²) in [4.78, 5) is 24.0. The van der Waals surface area contributed by atoms with Gasteiger partial charge >= 0.3 is 5.97 Å². The van der Waals surface area contributed by atoms with E-state index in [1.807, 2.05) is 24.3 Å². The van der Waals surface area contributed by atoms with Crippen LogP contribution in [0.2, 0.25) is 0 Å². The van der Waals surface area contributed by atoms with Gasteiger partial charge in [0.25, 0.3) is 0 Å². The number of ether oxygens (including phenoxy) is 3. The lowest BCUT2D eigenvalue weighted by Gasteiger charge is -2.09. The molecule has 1 heterocycles. The maximum absolute atomic E-state index is 12.4. The van der Waals surface area contributed by atoms with Gasteiger partial charge in [0.1, 0.15) is 11.5 Å². The summed E-state index contributed by atoms with van der Waals surface area (Å²) < 4.78 is 17.0. The first-order valence-corrected chi connectivity index (χ1v) is 8.88. The van der Waals surface area contributed by atoms with E-state index in [1.165, 1.54) is 0 Å². The second-order valence-electron chi connectivity index (χ2n) is 5.98. The molecule has 0 saturated carbocycles. The van der Waals surface area contributed by atoms with Gasteiger partial charge in [-0.15, -0.1) is 0 Å². The van der Waals surface area contributed by atoms with Gasteiger partial charge in [-0.05, 0) is 49.8 Å². The Morgan fingerprint density at radius 2 is 1.92 bits per heavy atom. The van der Waals surface area contributed by atoms with Gasteiger partial charge in [0, 0.05) is 10.5 Å². The minimum atomic E-state index is -0.451. The first-order valence-electron chi connectivity index (χ1n) is 8.08. The molecule has 0 spiro atoms. The maximum Gasteiger partial charge on any atom is 0.344 e. The van der Waals surface area contributed by atoms with Gasteiger partial charge in [-0.1, -0.05) is 28.1 Å². The Labute approximate surface area is 159 Å². The fourth-order valence-electron chi connectivity index (χ4n) is 2.41. The Bertz CT molecular complexity index is 868. The van der Waals surface area contributed by atoms with Crippen molar-refractivity contribution in [2.75, 3.05) is 6.61 Å². The quantitative estimate of drug-likeness (QED) is 0.533. The van der Waals surface area contributed by atoms with Crippen molar-refractivity contribution in [3.05, 3.63) is 63.8 Å². The number of rotatable bonds is 5. The van der Waals surface area contributed by atoms with Crippen LogP contribution in [0.25, 0.3) is 6.08 Å². The molecule has 2 aromatic rings. The van der Waals surface area contributed by atoms with Crippen molar-refractivity contribution in [3.8, 4) is 11.5 Å². The molecule has 1 aliphatic rings. The van der Waals surface area contributed by atoms with E-state index in [9.17, 15) is 9.59 Å². The van der Waals surface area contributed by atoms with Crippen LogP contribution in [-0.4, -0.2) is 24.5 Å². The van der Waals surface area contributed by atoms with E-state index in [1.54, 1.807) is 38.1 Å². The van der Waals surface area contributed by atoms with Gasteiger partial charge < -0.3 is 14.2 Å². The van der Waals surface area contributed by atoms with Gasteiger partial charge in [0.05, 0.1) is 11.7 Å². The monoisotopic (exact) mass is 416 g/mol. The molecule has 0 N–H and O–H groups in total. The van der Waals surface area contributed by atoms with E-state index in [4.69, 9.17) is 14.2 Å². The number of allylic oxidation sites excluding steroid dienone is 1.